The molecule has 1 saturated heterocycles. The van der Waals surface area contributed by atoms with E-state index in [1.165, 1.54) is 30.7 Å². The van der Waals surface area contributed by atoms with Gasteiger partial charge in [0.2, 0.25) is 5.91 Å². The van der Waals surface area contributed by atoms with E-state index in [-0.39, 0.29) is 11.4 Å². The van der Waals surface area contributed by atoms with E-state index in [0.29, 0.717) is 22.8 Å². The lowest BCUT2D eigenvalue weighted by molar-refractivity contribution is -0.119. The van der Waals surface area contributed by atoms with Crippen LogP contribution in [-0.4, -0.2) is 34.0 Å². The van der Waals surface area contributed by atoms with E-state index >= 15 is 0 Å². The second kappa shape index (κ2) is 10.5. The van der Waals surface area contributed by atoms with Gasteiger partial charge in [-0.1, -0.05) is 41.9 Å². The monoisotopic (exact) mass is 497 g/mol. The van der Waals surface area contributed by atoms with Crippen molar-refractivity contribution in [2.45, 2.75) is 31.2 Å². The third-order valence-corrected chi connectivity index (χ3v) is 7.95. The highest BCUT2D eigenvalue weighted by Crippen LogP contribution is 2.29. The van der Waals surface area contributed by atoms with Crippen molar-refractivity contribution < 1.29 is 13.2 Å². The molecule has 1 aliphatic heterocycles. The summed E-state index contributed by atoms with van der Waals surface area (Å²) in [6.45, 7) is 3.90. The van der Waals surface area contributed by atoms with Crippen LogP contribution in [0.2, 0.25) is 5.02 Å². The topological polar surface area (TPSA) is 69.7 Å². The van der Waals surface area contributed by atoms with E-state index in [9.17, 15) is 13.2 Å². The third-order valence-electron chi connectivity index (χ3n) is 5.94. The summed E-state index contributed by atoms with van der Waals surface area (Å²) in [5.41, 5.74) is 3.22. The van der Waals surface area contributed by atoms with E-state index in [4.69, 9.17) is 11.6 Å². The van der Waals surface area contributed by atoms with Gasteiger partial charge in [-0.3, -0.25) is 9.10 Å². The molecule has 1 fully saturated rings. The smallest absolute Gasteiger partial charge is 0.264 e. The molecule has 0 aromatic heterocycles. The molecule has 3 aromatic carbocycles. The van der Waals surface area contributed by atoms with Crippen molar-refractivity contribution in [1.82, 2.24) is 5.32 Å². The Labute approximate surface area is 206 Å². The summed E-state index contributed by atoms with van der Waals surface area (Å²) in [6.07, 6.45) is 2.43. The number of carbonyl (C=O) groups excluding carboxylic acids is 1. The van der Waals surface area contributed by atoms with Gasteiger partial charge in [-0.2, -0.15) is 0 Å². The molecule has 34 heavy (non-hydrogen) atoms. The molecule has 0 bridgehead atoms. The maximum Gasteiger partial charge on any atom is 0.264 e. The van der Waals surface area contributed by atoms with E-state index in [1.807, 2.05) is 12.1 Å². The fraction of sp³-hybridized carbons (Fsp3) is 0.269. The molecule has 1 aliphatic rings. The normalized spacial score (nSPS) is 13.6. The van der Waals surface area contributed by atoms with Crippen molar-refractivity contribution in [1.29, 1.82) is 0 Å². The quantitative estimate of drug-likeness (QED) is 0.487. The molecule has 0 atom stereocenters. The summed E-state index contributed by atoms with van der Waals surface area (Å²) in [4.78, 5) is 15.4. The Kier molecular flexibility index (Phi) is 7.44. The second-order valence-corrected chi connectivity index (χ2v) is 10.7. The van der Waals surface area contributed by atoms with Gasteiger partial charge in [0, 0.05) is 30.3 Å². The molecular formula is C26H28ClN3O3S. The highest BCUT2D eigenvalue weighted by Gasteiger charge is 2.28. The molecule has 6 nitrogen and oxygen atoms in total. The zero-order valence-corrected chi connectivity index (χ0v) is 20.6. The summed E-state index contributed by atoms with van der Waals surface area (Å²) in [5, 5.41) is 3.36. The highest BCUT2D eigenvalue weighted by molar-refractivity contribution is 7.92. The van der Waals surface area contributed by atoms with Gasteiger partial charge in [-0.05, 0) is 73.4 Å². The van der Waals surface area contributed by atoms with Crippen molar-refractivity contribution >= 4 is 38.9 Å². The Morgan fingerprint density at radius 3 is 2.32 bits per heavy atom. The molecule has 8 heteroatoms. The van der Waals surface area contributed by atoms with E-state index in [1.54, 1.807) is 43.3 Å². The second-order valence-electron chi connectivity index (χ2n) is 8.39. The van der Waals surface area contributed by atoms with Gasteiger partial charge in [0.25, 0.3) is 10.0 Å². The fourth-order valence-electron chi connectivity index (χ4n) is 4.10. The fourth-order valence-corrected chi connectivity index (χ4v) is 5.84. The molecule has 4 rings (SSSR count). The molecule has 1 heterocycles. The van der Waals surface area contributed by atoms with Crippen molar-refractivity contribution in [2.24, 2.45) is 0 Å². The summed E-state index contributed by atoms with van der Waals surface area (Å²) in [5.74, 6) is -0.391. The Morgan fingerprint density at radius 1 is 1.00 bits per heavy atom. The number of anilines is 2. The van der Waals surface area contributed by atoms with Crippen molar-refractivity contribution in [2.75, 3.05) is 28.8 Å². The van der Waals surface area contributed by atoms with Gasteiger partial charge in [0.1, 0.15) is 6.54 Å². The summed E-state index contributed by atoms with van der Waals surface area (Å²) >= 11 is 6.08. The SMILES string of the molecule is Cc1cc(Cl)ccc1N(CC(=O)NCc1ccc(N2CCCC2)cc1)S(=O)(=O)c1ccccc1. The van der Waals surface area contributed by atoms with E-state index in [2.05, 4.69) is 22.3 Å². The Morgan fingerprint density at radius 2 is 1.68 bits per heavy atom. The molecule has 0 radical (unpaired) electrons. The average molecular weight is 498 g/mol. The summed E-state index contributed by atoms with van der Waals surface area (Å²) in [7, 11) is -3.96. The maximum atomic E-state index is 13.5. The number of halogens is 1. The number of nitrogens with zero attached hydrogens (tertiary/aromatic N) is 2. The predicted octanol–water partition coefficient (Wildman–Crippen LogP) is 4.76. The maximum absolute atomic E-state index is 13.5. The zero-order chi connectivity index (χ0) is 24.1. The first-order valence-electron chi connectivity index (χ1n) is 11.3. The van der Waals surface area contributed by atoms with E-state index in [0.717, 1.165) is 23.0 Å². The van der Waals surface area contributed by atoms with Crippen LogP contribution in [0, 0.1) is 6.92 Å². The molecule has 0 aliphatic carbocycles. The third kappa shape index (κ3) is 5.54. The minimum Gasteiger partial charge on any atom is -0.372 e. The minimum absolute atomic E-state index is 0.120. The first-order chi connectivity index (χ1) is 16.3. The van der Waals surface area contributed by atoms with Crippen LogP contribution in [0.5, 0.6) is 0 Å². The summed E-state index contributed by atoms with van der Waals surface area (Å²) < 4.78 is 28.0. The van der Waals surface area contributed by atoms with Crippen molar-refractivity contribution in [3.63, 3.8) is 0 Å². The van der Waals surface area contributed by atoms with Gasteiger partial charge in [0.15, 0.2) is 0 Å². The number of hydrogen-bond acceptors (Lipinski definition) is 4. The number of amides is 1. The first kappa shape index (κ1) is 24.1. The lowest BCUT2D eigenvalue weighted by atomic mass is 10.2. The molecule has 178 valence electrons. The Hall–Kier alpha value is -3.03. The Balaban J connectivity index is 1.50. The standard InChI is InChI=1S/C26H28ClN3O3S/c1-20-17-22(27)11-14-25(20)30(34(32,33)24-7-3-2-4-8-24)19-26(31)28-18-21-9-12-23(13-10-21)29-15-5-6-16-29/h2-4,7-14,17H,5-6,15-16,18-19H2,1H3,(H,28,31). The van der Waals surface area contributed by atoms with Gasteiger partial charge in [0.05, 0.1) is 10.6 Å². The van der Waals surface area contributed by atoms with Gasteiger partial charge >= 0.3 is 0 Å². The van der Waals surface area contributed by atoms with Crippen molar-refractivity contribution in [3.05, 3.63) is 88.9 Å². The minimum atomic E-state index is -3.96. The molecule has 0 spiro atoms. The number of hydrogen-bond donors (Lipinski definition) is 1. The average Bonchev–Trinajstić information content (AvgIpc) is 3.38. The van der Waals surface area contributed by atoms with Gasteiger partial charge in [-0.25, -0.2) is 8.42 Å². The molecule has 0 unspecified atom stereocenters. The zero-order valence-electron chi connectivity index (χ0n) is 19.1. The highest BCUT2D eigenvalue weighted by atomic mass is 35.5. The van der Waals surface area contributed by atoms with Crippen LogP contribution in [0.4, 0.5) is 11.4 Å². The number of benzene rings is 3. The molecule has 0 saturated carbocycles. The van der Waals surface area contributed by atoms with Crippen LogP contribution < -0.4 is 14.5 Å². The largest absolute Gasteiger partial charge is 0.372 e. The Bertz CT molecular complexity index is 1240. The molecular weight excluding hydrogens is 470 g/mol. The summed E-state index contributed by atoms with van der Waals surface area (Å²) in [6, 6.07) is 21.2. The van der Waals surface area contributed by atoms with Gasteiger partial charge in [-0.15, -0.1) is 0 Å². The first-order valence-corrected chi connectivity index (χ1v) is 13.1. The number of rotatable bonds is 8. The van der Waals surface area contributed by atoms with Crippen LogP contribution in [0.15, 0.2) is 77.7 Å². The van der Waals surface area contributed by atoms with Crippen LogP contribution in [0.25, 0.3) is 0 Å². The lowest BCUT2D eigenvalue weighted by Crippen LogP contribution is -2.41. The molecule has 1 N–H and O–H groups in total. The number of aryl methyl sites for hydroxylation is 1. The number of nitrogens with one attached hydrogen (secondary N) is 1. The number of carbonyl (C=O) groups is 1. The predicted molar refractivity (Wildman–Crippen MR) is 137 cm³/mol. The van der Waals surface area contributed by atoms with Gasteiger partial charge < -0.3 is 10.2 Å². The van der Waals surface area contributed by atoms with Crippen LogP contribution in [0.1, 0.15) is 24.0 Å². The molecule has 1 amide bonds. The van der Waals surface area contributed by atoms with E-state index < -0.39 is 15.9 Å². The van der Waals surface area contributed by atoms with Crippen LogP contribution in [0.3, 0.4) is 0 Å². The molecule has 3 aromatic rings. The number of sulfonamides is 1. The van der Waals surface area contributed by atoms with Crippen LogP contribution >= 0.6 is 11.6 Å². The lowest BCUT2D eigenvalue weighted by Gasteiger charge is -2.25. The van der Waals surface area contributed by atoms with Crippen LogP contribution in [-0.2, 0) is 21.4 Å². The van der Waals surface area contributed by atoms with Crippen molar-refractivity contribution in [3.8, 4) is 0 Å².